The van der Waals surface area contributed by atoms with Crippen LogP contribution in [0, 0.1) is 6.92 Å². The molecule has 3 aromatic rings. The number of hydrogen-bond donors (Lipinski definition) is 1. The SMILES string of the molecule is Cc1ccccc1CC(=O)N(Cc1ccc(Cl)c(Cl)c1)[C@@H](Cc1ccccc1)C(=O)NC1CCCCC1. The van der Waals surface area contributed by atoms with Crippen LogP contribution >= 0.6 is 23.2 Å². The first-order valence-corrected chi connectivity index (χ1v) is 13.8. The van der Waals surface area contributed by atoms with Gasteiger partial charge in [0.1, 0.15) is 6.04 Å². The highest BCUT2D eigenvalue weighted by atomic mass is 35.5. The number of halogens is 2. The van der Waals surface area contributed by atoms with Crippen molar-refractivity contribution < 1.29 is 9.59 Å². The molecule has 1 aliphatic rings. The molecule has 0 unspecified atom stereocenters. The Morgan fingerprint density at radius 3 is 2.30 bits per heavy atom. The number of amides is 2. The molecule has 6 heteroatoms. The number of carbonyl (C=O) groups is 2. The standard InChI is InChI=1S/C31H34Cl2N2O2/c1-22-10-8-9-13-25(22)20-30(36)35(21-24-16-17-27(32)28(33)18-24)29(19-23-11-4-2-5-12-23)31(37)34-26-14-6-3-7-15-26/h2,4-5,8-13,16-18,26,29H,3,6-7,14-15,19-21H2,1H3,(H,34,37)/t29-/m0/s1. The molecule has 0 bridgehead atoms. The monoisotopic (exact) mass is 536 g/mol. The first-order valence-electron chi connectivity index (χ1n) is 13.0. The van der Waals surface area contributed by atoms with Crippen molar-refractivity contribution in [1.82, 2.24) is 10.2 Å². The first kappa shape index (κ1) is 27.2. The number of nitrogens with zero attached hydrogens (tertiary/aromatic N) is 1. The van der Waals surface area contributed by atoms with Crippen LogP contribution in [0.1, 0.15) is 54.4 Å². The number of hydrogen-bond acceptors (Lipinski definition) is 2. The predicted octanol–water partition coefficient (Wildman–Crippen LogP) is 6.93. The van der Waals surface area contributed by atoms with Crippen LogP contribution in [-0.4, -0.2) is 28.8 Å². The number of rotatable bonds is 9. The fourth-order valence-electron chi connectivity index (χ4n) is 5.01. The average molecular weight is 538 g/mol. The van der Waals surface area contributed by atoms with Crippen LogP contribution in [0.3, 0.4) is 0 Å². The largest absolute Gasteiger partial charge is 0.352 e. The van der Waals surface area contributed by atoms with E-state index in [-0.39, 0.29) is 30.8 Å². The minimum absolute atomic E-state index is 0.0971. The van der Waals surface area contributed by atoms with E-state index in [4.69, 9.17) is 23.2 Å². The average Bonchev–Trinajstić information content (AvgIpc) is 2.90. The molecule has 0 saturated heterocycles. The summed E-state index contributed by atoms with van der Waals surface area (Å²) in [5, 5.41) is 4.16. The second-order valence-corrected chi connectivity index (χ2v) is 10.7. The van der Waals surface area contributed by atoms with Crippen molar-refractivity contribution >= 4 is 35.0 Å². The van der Waals surface area contributed by atoms with E-state index in [2.05, 4.69) is 5.32 Å². The zero-order chi connectivity index (χ0) is 26.2. The zero-order valence-corrected chi connectivity index (χ0v) is 22.8. The van der Waals surface area contributed by atoms with Gasteiger partial charge >= 0.3 is 0 Å². The maximum atomic E-state index is 13.9. The minimum Gasteiger partial charge on any atom is -0.352 e. The van der Waals surface area contributed by atoms with Gasteiger partial charge < -0.3 is 10.2 Å². The third-order valence-corrected chi connectivity index (χ3v) is 7.90. The number of benzene rings is 3. The molecule has 4 nitrogen and oxygen atoms in total. The van der Waals surface area contributed by atoms with Gasteiger partial charge in [-0.2, -0.15) is 0 Å². The molecule has 194 valence electrons. The van der Waals surface area contributed by atoms with Crippen molar-refractivity contribution in [2.75, 3.05) is 0 Å². The van der Waals surface area contributed by atoms with E-state index < -0.39 is 6.04 Å². The molecule has 4 rings (SSSR count). The highest BCUT2D eigenvalue weighted by molar-refractivity contribution is 6.42. The normalized spacial score (nSPS) is 14.7. The van der Waals surface area contributed by atoms with E-state index in [0.29, 0.717) is 16.5 Å². The highest BCUT2D eigenvalue weighted by Crippen LogP contribution is 2.25. The van der Waals surface area contributed by atoms with Gasteiger partial charge in [-0.3, -0.25) is 9.59 Å². The molecule has 0 spiro atoms. The summed E-state index contributed by atoms with van der Waals surface area (Å²) in [5.74, 6) is -0.200. The molecule has 1 saturated carbocycles. The van der Waals surface area contributed by atoms with E-state index in [1.165, 1.54) is 6.42 Å². The lowest BCUT2D eigenvalue weighted by atomic mass is 9.94. The Morgan fingerprint density at radius 2 is 1.59 bits per heavy atom. The maximum absolute atomic E-state index is 13.9. The predicted molar refractivity (Wildman–Crippen MR) is 151 cm³/mol. The molecule has 0 heterocycles. The summed E-state index contributed by atoms with van der Waals surface area (Å²) in [6.07, 6.45) is 6.05. The number of aryl methyl sites for hydroxylation is 1. The van der Waals surface area contributed by atoms with Crippen molar-refractivity contribution in [3.63, 3.8) is 0 Å². The third-order valence-electron chi connectivity index (χ3n) is 7.16. The molecule has 1 N–H and O–H groups in total. The Hall–Kier alpha value is -2.82. The van der Waals surface area contributed by atoms with Gasteiger partial charge in [0.25, 0.3) is 0 Å². The Labute approximate surface area is 230 Å². The molecule has 0 radical (unpaired) electrons. The van der Waals surface area contributed by atoms with Crippen LogP contribution in [0.15, 0.2) is 72.8 Å². The van der Waals surface area contributed by atoms with Gasteiger partial charge in [-0.05, 0) is 54.2 Å². The number of carbonyl (C=O) groups excluding carboxylic acids is 2. The van der Waals surface area contributed by atoms with Crippen molar-refractivity contribution in [3.05, 3.63) is 105 Å². The van der Waals surface area contributed by atoms with Crippen molar-refractivity contribution in [2.24, 2.45) is 0 Å². The van der Waals surface area contributed by atoms with Gasteiger partial charge in [0, 0.05) is 19.0 Å². The van der Waals surface area contributed by atoms with Crippen molar-refractivity contribution in [1.29, 1.82) is 0 Å². The van der Waals surface area contributed by atoms with E-state index in [9.17, 15) is 9.59 Å². The molecule has 1 fully saturated rings. The quantitative estimate of drug-likeness (QED) is 0.322. The topological polar surface area (TPSA) is 49.4 Å². The van der Waals surface area contributed by atoms with Crippen molar-refractivity contribution in [2.45, 2.75) is 70.5 Å². The number of nitrogens with one attached hydrogen (secondary N) is 1. The summed E-state index contributed by atoms with van der Waals surface area (Å²) in [6.45, 7) is 2.26. The lowest BCUT2D eigenvalue weighted by molar-refractivity contribution is -0.141. The Morgan fingerprint density at radius 1 is 0.892 bits per heavy atom. The van der Waals surface area contributed by atoms with E-state index in [1.807, 2.05) is 67.6 Å². The van der Waals surface area contributed by atoms with E-state index in [1.54, 1.807) is 17.0 Å². The highest BCUT2D eigenvalue weighted by Gasteiger charge is 2.32. The van der Waals surface area contributed by atoms with Crippen LogP contribution in [-0.2, 0) is 29.0 Å². The molecule has 0 aliphatic heterocycles. The molecule has 37 heavy (non-hydrogen) atoms. The van der Waals surface area contributed by atoms with Gasteiger partial charge in [-0.1, -0.05) is 103 Å². The Balaban J connectivity index is 1.68. The van der Waals surface area contributed by atoms with E-state index in [0.717, 1.165) is 47.9 Å². The molecular formula is C31H34Cl2N2O2. The molecular weight excluding hydrogens is 503 g/mol. The third kappa shape index (κ3) is 7.59. The van der Waals surface area contributed by atoms with Crippen molar-refractivity contribution in [3.8, 4) is 0 Å². The molecule has 0 aromatic heterocycles. The smallest absolute Gasteiger partial charge is 0.243 e. The first-order chi connectivity index (χ1) is 17.9. The molecule has 3 aromatic carbocycles. The van der Waals surface area contributed by atoms with Gasteiger partial charge in [-0.15, -0.1) is 0 Å². The van der Waals surface area contributed by atoms with Crippen LogP contribution < -0.4 is 5.32 Å². The molecule has 1 aliphatic carbocycles. The van der Waals surface area contributed by atoms with Crippen LogP contribution in [0.2, 0.25) is 10.0 Å². The summed E-state index contributed by atoms with van der Waals surface area (Å²) >= 11 is 12.5. The summed E-state index contributed by atoms with van der Waals surface area (Å²) in [5.41, 5.74) is 3.85. The van der Waals surface area contributed by atoms with E-state index >= 15 is 0 Å². The van der Waals surface area contributed by atoms with Crippen LogP contribution in [0.5, 0.6) is 0 Å². The van der Waals surface area contributed by atoms with Crippen LogP contribution in [0.4, 0.5) is 0 Å². The zero-order valence-electron chi connectivity index (χ0n) is 21.3. The molecule has 2 amide bonds. The molecule has 1 atom stereocenters. The van der Waals surface area contributed by atoms with Gasteiger partial charge in [0.15, 0.2) is 0 Å². The fraction of sp³-hybridized carbons (Fsp3) is 0.355. The van der Waals surface area contributed by atoms with Gasteiger partial charge in [0.2, 0.25) is 11.8 Å². The fourth-order valence-corrected chi connectivity index (χ4v) is 5.33. The van der Waals surface area contributed by atoms with Crippen LogP contribution in [0.25, 0.3) is 0 Å². The minimum atomic E-state index is -0.657. The van der Waals surface area contributed by atoms with Gasteiger partial charge in [-0.25, -0.2) is 0 Å². The summed E-state index contributed by atoms with van der Waals surface area (Å²) in [4.78, 5) is 29.5. The lowest BCUT2D eigenvalue weighted by Gasteiger charge is -2.33. The Kier molecular flexibility index (Phi) is 9.65. The maximum Gasteiger partial charge on any atom is 0.243 e. The summed E-state index contributed by atoms with van der Waals surface area (Å²) < 4.78 is 0. The lowest BCUT2D eigenvalue weighted by Crippen LogP contribution is -2.53. The second kappa shape index (κ2) is 13.1. The Bertz CT molecular complexity index is 1210. The second-order valence-electron chi connectivity index (χ2n) is 9.92. The van der Waals surface area contributed by atoms with Gasteiger partial charge in [0.05, 0.1) is 16.5 Å². The summed E-state index contributed by atoms with van der Waals surface area (Å²) in [7, 11) is 0. The summed E-state index contributed by atoms with van der Waals surface area (Å²) in [6, 6.07) is 22.6.